The molecule has 0 spiro atoms. The van der Waals surface area contributed by atoms with Crippen LogP contribution in [0.4, 0.5) is 5.69 Å². The van der Waals surface area contributed by atoms with Gasteiger partial charge in [-0.1, -0.05) is 29.8 Å². The van der Waals surface area contributed by atoms with Gasteiger partial charge in [0.25, 0.3) is 0 Å². The Hall–Kier alpha value is -2.53. The summed E-state index contributed by atoms with van der Waals surface area (Å²) in [5.74, 6) is 1.85. The maximum absolute atomic E-state index is 6.00. The van der Waals surface area contributed by atoms with Crippen LogP contribution in [0.1, 0.15) is 5.89 Å². The van der Waals surface area contributed by atoms with Gasteiger partial charge in [0.1, 0.15) is 5.75 Å². The average Bonchev–Trinajstić information content (AvgIpc) is 3.05. The molecule has 0 unspecified atom stereocenters. The average molecular weight is 330 g/mol. The molecule has 1 aromatic heterocycles. The Kier molecular flexibility index (Phi) is 4.78. The predicted octanol–water partition coefficient (Wildman–Crippen LogP) is 4.05. The first-order chi connectivity index (χ1) is 11.3. The Morgan fingerprint density at radius 1 is 1.13 bits per heavy atom. The minimum absolute atomic E-state index is 0.529. The molecule has 3 rings (SSSR count). The molecule has 0 amide bonds. The smallest absolute Gasteiger partial charge is 0.247 e. The first-order valence-corrected chi connectivity index (χ1v) is 7.59. The second-order valence-electron chi connectivity index (χ2n) is 4.89. The quantitative estimate of drug-likeness (QED) is 0.739. The zero-order chi connectivity index (χ0) is 16.1. The summed E-state index contributed by atoms with van der Waals surface area (Å²) in [7, 11) is 1.62. The Labute approximate surface area is 139 Å². The van der Waals surface area contributed by atoms with Crippen molar-refractivity contribution in [3.05, 3.63) is 59.4 Å². The van der Waals surface area contributed by atoms with Gasteiger partial charge >= 0.3 is 0 Å². The molecular formula is C17H16ClN3O2. The number of aromatic nitrogens is 2. The summed E-state index contributed by atoms with van der Waals surface area (Å²) in [6.45, 7) is 0.632. The van der Waals surface area contributed by atoms with Crippen LogP contribution in [0.3, 0.4) is 0 Å². The highest BCUT2D eigenvalue weighted by atomic mass is 35.5. The van der Waals surface area contributed by atoms with E-state index < -0.39 is 0 Å². The molecule has 0 aliphatic heterocycles. The van der Waals surface area contributed by atoms with E-state index >= 15 is 0 Å². The van der Waals surface area contributed by atoms with Gasteiger partial charge in [-0.05, 0) is 30.3 Å². The van der Waals surface area contributed by atoms with Gasteiger partial charge in [-0.3, -0.25) is 0 Å². The molecule has 0 bridgehead atoms. The molecule has 1 N–H and O–H groups in total. The maximum atomic E-state index is 6.00. The van der Waals surface area contributed by atoms with E-state index in [-0.39, 0.29) is 0 Å². The zero-order valence-corrected chi connectivity index (χ0v) is 13.4. The van der Waals surface area contributed by atoms with Crippen molar-refractivity contribution < 1.29 is 9.15 Å². The molecule has 5 nitrogen and oxygen atoms in total. The van der Waals surface area contributed by atoms with E-state index in [1.165, 1.54) is 0 Å². The summed E-state index contributed by atoms with van der Waals surface area (Å²) in [5, 5.41) is 12.1. The van der Waals surface area contributed by atoms with Crippen LogP contribution in [0.5, 0.6) is 5.75 Å². The molecule has 23 heavy (non-hydrogen) atoms. The molecule has 2 aromatic carbocycles. The van der Waals surface area contributed by atoms with E-state index in [1.807, 2.05) is 42.5 Å². The van der Waals surface area contributed by atoms with E-state index in [0.717, 1.165) is 17.0 Å². The molecular weight excluding hydrogens is 314 g/mol. The van der Waals surface area contributed by atoms with Gasteiger partial charge < -0.3 is 14.5 Å². The van der Waals surface area contributed by atoms with Gasteiger partial charge in [0.15, 0.2) is 0 Å². The third kappa shape index (κ3) is 3.81. The third-order valence-electron chi connectivity index (χ3n) is 3.30. The van der Waals surface area contributed by atoms with Crippen molar-refractivity contribution in [2.45, 2.75) is 6.42 Å². The van der Waals surface area contributed by atoms with Gasteiger partial charge in [-0.2, -0.15) is 0 Å². The van der Waals surface area contributed by atoms with Crippen molar-refractivity contribution in [2.75, 3.05) is 19.0 Å². The number of halogens is 1. The second kappa shape index (κ2) is 7.15. The Balaban J connectivity index is 1.62. The molecule has 0 fully saturated rings. The van der Waals surface area contributed by atoms with Crippen molar-refractivity contribution in [3.63, 3.8) is 0 Å². The molecule has 0 aliphatic carbocycles. The number of benzene rings is 2. The van der Waals surface area contributed by atoms with E-state index in [2.05, 4.69) is 15.5 Å². The molecule has 118 valence electrons. The summed E-state index contributed by atoms with van der Waals surface area (Å²) in [6, 6.07) is 15.1. The highest BCUT2D eigenvalue weighted by Gasteiger charge is 2.08. The van der Waals surface area contributed by atoms with Gasteiger partial charge in [-0.15, -0.1) is 10.2 Å². The van der Waals surface area contributed by atoms with Crippen LogP contribution in [0.2, 0.25) is 5.02 Å². The van der Waals surface area contributed by atoms with Gasteiger partial charge in [0.2, 0.25) is 11.8 Å². The lowest BCUT2D eigenvalue weighted by molar-refractivity contribution is 0.416. The lowest BCUT2D eigenvalue weighted by Crippen LogP contribution is -2.06. The van der Waals surface area contributed by atoms with E-state index in [0.29, 0.717) is 29.8 Å². The number of nitrogens with zero attached hydrogens (tertiary/aromatic N) is 2. The van der Waals surface area contributed by atoms with Crippen LogP contribution < -0.4 is 10.1 Å². The van der Waals surface area contributed by atoms with Crippen molar-refractivity contribution in [2.24, 2.45) is 0 Å². The number of ether oxygens (including phenoxy) is 1. The topological polar surface area (TPSA) is 60.2 Å². The number of anilines is 1. The summed E-state index contributed by atoms with van der Waals surface area (Å²) < 4.78 is 11.0. The minimum Gasteiger partial charge on any atom is -0.495 e. The Morgan fingerprint density at radius 2 is 1.96 bits per heavy atom. The van der Waals surface area contributed by atoms with Crippen molar-refractivity contribution in [1.29, 1.82) is 0 Å². The molecule has 1 heterocycles. The fraction of sp³-hybridized carbons (Fsp3) is 0.176. The number of hydrogen-bond donors (Lipinski definition) is 1. The number of rotatable bonds is 6. The van der Waals surface area contributed by atoms with Crippen LogP contribution in [-0.2, 0) is 6.42 Å². The molecule has 0 saturated heterocycles. The van der Waals surface area contributed by atoms with E-state index in [1.54, 1.807) is 13.2 Å². The van der Waals surface area contributed by atoms with Crippen LogP contribution in [0.15, 0.2) is 52.9 Å². The van der Waals surface area contributed by atoms with Crippen molar-refractivity contribution >= 4 is 17.3 Å². The molecule has 3 aromatic rings. The summed E-state index contributed by atoms with van der Waals surface area (Å²) >= 11 is 6.00. The van der Waals surface area contributed by atoms with Crippen LogP contribution in [0, 0.1) is 0 Å². The number of methoxy groups -OCH3 is 1. The highest BCUT2D eigenvalue weighted by molar-refractivity contribution is 6.30. The predicted molar refractivity (Wildman–Crippen MR) is 89.9 cm³/mol. The first kappa shape index (κ1) is 15.4. The summed E-state index contributed by atoms with van der Waals surface area (Å²) in [5.41, 5.74) is 1.75. The first-order valence-electron chi connectivity index (χ1n) is 7.21. The minimum atomic E-state index is 0.529. The fourth-order valence-electron chi connectivity index (χ4n) is 2.17. The monoisotopic (exact) mass is 329 g/mol. The van der Waals surface area contributed by atoms with Gasteiger partial charge in [0.05, 0.1) is 12.8 Å². The summed E-state index contributed by atoms with van der Waals surface area (Å²) in [6.07, 6.45) is 0.607. The van der Waals surface area contributed by atoms with Crippen LogP contribution >= 0.6 is 11.6 Å². The molecule has 0 atom stereocenters. The van der Waals surface area contributed by atoms with Crippen molar-refractivity contribution in [1.82, 2.24) is 10.2 Å². The third-order valence-corrected chi connectivity index (χ3v) is 3.54. The SMILES string of the molecule is COc1ccc(Cl)cc1NCCc1nnc(-c2ccccc2)o1. The molecule has 0 aliphatic rings. The van der Waals surface area contributed by atoms with Crippen molar-refractivity contribution in [3.8, 4) is 17.2 Å². The normalized spacial score (nSPS) is 10.5. The number of nitrogens with one attached hydrogen (secondary N) is 1. The van der Waals surface area contributed by atoms with Crippen LogP contribution in [-0.4, -0.2) is 23.9 Å². The molecule has 6 heteroatoms. The Bertz CT molecular complexity index is 775. The zero-order valence-electron chi connectivity index (χ0n) is 12.6. The lowest BCUT2D eigenvalue weighted by atomic mass is 10.2. The highest BCUT2D eigenvalue weighted by Crippen LogP contribution is 2.27. The molecule has 0 radical (unpaired) electrons. The van der Waals surface area contributed by atoms with E-state index in [9.17, 15) is 0 Å². The maximum Gasteiger partial charge on any atom is 0.247 e. The lowest BCUT2D eigenvalue weighted by Gasteiger charge is -2.10. The van der Waals surface area contributed by atoms with Gasteiger partial charge in [-0.25, -0.2) is 0 Å². The molecule has 0 saturated carbocycles. The largest absolute Gasteiger partial charge is 0.495 e. The number of hydrogen-bond acceptors (Lipinski definition) is 5. The summed E-state index contributed by atoms with van der Waals surface area (Å²) in [4.78, 5) is 0. The van der Waals surface area contributed by atoms with E-state index in [4.69, 9.17) is 20.8 Å². The fourth-order valence-corrected chi connectivity index (χ4v) is 2.35. The van der Waals surface area contributed by atoms with Gasteiger partial charge in [0, 0.05) is 23.6 Å². The van der Waals surface area contributed by atoms with Crippen LogP contribution in [0.25, 0.3) is 11.5 Å². The Morgan fingerprint density at radius 3 is 2.74 bits per heavy atom. The standard InChI is InChI=1S/C17H16ClN3O2/c1-22-15-8-7-13(18)11-14(15)19-10-9-16-20-21-17(23-16)12-5-3-2-4-6-12/h2-8,11,19H,9-10H2,1H3. The second-order valence-corrected chi connectivity index (χ2v) is 5.32.